The summed E-state index contributed by atoms with van der Waals surface area (Å²) in [7, 11) is -0.414. The molecular weight excluding hydrogens is 480 g/mol. The highest BCUT2D eigenvalue weighted by atomic mass is 32.2. The van der Waals surface area contributed by atoms with Gasteiger partial charge in [0.25, 0.3) is 0 Å². The van der Waals surface area contributed by atoms with Crippen molar-refractivity contribution in [2.24, 2.45) is 0 Å². The minimum Gasteiger partial charge on any atom is -0.497 e. The molecule has 0 aromatic heterocycles. The molecule has 0 radical (unpaired) electrons. The summed E-state index contributed by atoms with van der Waals surface area (Å²) < 4.78 is 44.8. The number of carbonyl (C=O) groups excluding carboxylic acids is 1. The molecule has 0 saturated carbocycles. The van der Waals surface area contributed by atoms with Gasteiger partial charge < -0.3 is 19.5 Å². The fraction of sp³-hybridized carbons (Fsp3) is 0.519. The number of hydrogen-bond acceptors (Lipinski definition) is 6. The molecule has 1 fully saturated rings. The predicted molar refractivity (Wildman–Crippen MR) is 137 cm³/mol. The minimum absolute atomic E-state index is 0.120. The first-order valence-electron chi connectivity index (χ1n) is 12.5. The van der Waals surface area contributed by atoms with Gasteiger partial charge in [0.15, 0.2) is 0 Å². The topological polar surface area (TPSA) is 94.2 Å². The van der Waals surface area contributed by atoms with E-state index >= 15 is 0 Å². The molecule has 2 aliphatic rings. The molecule has 1 atom stereocenters. The van der Waals surface area contributed by atoms with E-state index in [1.165, 1.54) is 0 Å². The lowest BCUT2D eigenvalue weighted by molar-refractivity contribution is -0.122. The molecule has 1 amide bonds. The maximum atomic E-state index is 13.1. The molecule has 0 unspecified atom stereocenters. The van der Waals surface area contributed by atoms with Crippen molar-refractivity contribution in [1.29, 1.82) is 0 Å². The van der Waals surface area contributed by atoms with Gasteiger partial charge in [-0.25, -0.2) is 8.42 Å². The van der Waals surface area contributed by atoms with Crippen LogP contribution in [0, 0.1) is 0 Å². The molecule has 36 heavy (non-hydrogen) atoms. The average molecular weight is 517 g/mol. The Morgan fingerprint density at radius 2 is 1.83 bits per heavy atom. The lowest BCUT2D eigenvalue weighted by Gasteiger charge is -2.38. The number of sulfonamides is 1. The number of piperidine rings is 1. The Kier molecular flexibility index (Phi) is 7.80. The van der Waals surface area contributed by atoms with Crippen LogP contribution >= 0.6 is 0 Å². The highest BCUT2D eigenvalue weighted by molar-refractivity contribution is 7.89. The van der Waals surface area contributed by atoms with Gasteiger partial charge in [0.2, 0.25) is 15.9 Å². The van der Waals surface area contributed by atoms with Crippen LogP contribution in [0.2, 0.25) is 0 Å². The molecular formula is C27H36N2O6S. The Balaban J connectivity index is 1.48. The third-order valence-corrected chi connectivity index (χ3v) is 8.73. The van der Waals surface area contributed by atoms with Gasteiger partial charge in [0.05, 0.1) is 25.2 Å². The molecule has 0 spiro atoms. The Morgan fingerprint density at radius 3 is 2.53 bits per heavy atom. The van der Waals surface area contributed by atoms with Gasteiger partial charge in [0, 0.05) is 37.6 Å². The molecule has 8 nitrogen and oxygen atoms in total. The fourth-order valence-electron chi connectivity index (χ4n) is 4.97. The van der Waals surface area contributed by atoms with Gasteiger partial charge in [-0.05, 0) is 69.0 Å². The number of rotatable bonds is 8. The van der Waals surface area contributed by atoms with Crippen LogP contribution < -0.4 is 19.5 Å². The van der Waals surface area contributed by atoms with E-state index in [2.05, 4.69) is 5.32 Å². The summed E-state index contributed by atoms with van der Waals surface area (Å²) in [5.74, 6) is 1.85. The van der Waals surface area contributed by atoms with Crippen molar-refractivity contribution < 1.29 is 27.4 Å². The SMILES string of the molecule is COc1ccc2c(c1)OC(C)(C)C[C@H]2NC(=O)CCc1cc(S(=O)(=O)N2CCCCC2)ccc1OC. The smallest absolute Gasteiger partial charge is 0.243 e. The normalized spacial score (nSPS) is 19.6. The molecule has 4 rings (SSSR count). The van der Waals surface area contributed by atoms with E-state index in [4.69, 9.17) is 14.2 Å². The number of hydrogen-bond donors (Lipinski definition) is 1. The molecule has 2 aliphatic heterocycles. The van der Waals surface area contributed by atoms with Gasteiger partial charge in [-0.3, -0.25) is 4.79 Å². The number of amides is 1. The van der Waals surface area contributed by atoms with Gasteiger partial charge >= 0.3 is 0 Å². The van der Waals surface area contributed by atoms with Crippen LogP contribution in [0.15, 0.2) is 41.3 Å². The third-order valence-electron chi connectivity index (χ3n) is 6.84. The van der Waals surface area contributed by atoms with E-state index in [1.54, 1.807) is 36.7 Å². The van der Waals surface area contributed by atoms with E-state index in [0.29, 0.717) is 48.7 Å². The van der Waals surface area contributed by atoms with Crippen molar-refractivity contribution in [3.05, 3.63) is 47.5 Å². The average Bonchev–Trinajstić information content (AvgIpc) is 2.86. The second kappa shape index (κ2) is 10.7. The van der Waals surface area contributed by atoms with Crippen LogP contribution in [0.1, 0.15) is 63.1 Å². The quantitative estimate of drug-likeness (QED) is 0.564. The molecule has 9 heteroatoms. The van der Waals surface area contributed by atoms with Gasteiger partial charge in [-0.2, -0.15) is 4.31 Å². The van der Waals surface area contributed by atoms with E-state index in [9.17, 15) is 13.2 Å². The Morgan fingerprint density at radius 1 is 1.08 bits per heavy atom. The standard InChI is InChI=1S/C27H36N2O6S/c1-27(2)18-23(22-11-9-20(33-3)17-25(22)35-27)28-26(30)13-8-19-16-21(10-12-24(19)34-4)36(31,32)29-14-6-5-7-15-29/h9-12,16-17,23H,5-8,13-15,18H2,1-4H3,(H,28,30)/t23-/m1/s1. The lowest BCUT2D eigenvalue weighted by Crippen LogP contribution is -2.41. The Labute approximate surface area is 214 Å². The number of fused-ring (bicyclic) bond motifs is 1. The Hall–Kier alpha value is -2.78. The molecule has 2 heterocycles. The second-order valence-electron chi connectivity index (χ2n) is 10.0. The second-order valence-corrected chi connectivity index (χ2v) is 12.0. The maximum absolute atomic E-state index is 13.1. The maximum Gasteiger partial charge on any atom is 0.243 e. The number of aryl methyl sites for hydroxylation is 1. The van der Waals surface area contributed by atoms with Crippen molar-refractivity contribution in [3.8, 4) is 17.2 Å². The summed E-state index contributed by atoms with van der Waals surface area (Å²) in [6.45, 7) is 5.07. The highest BCUT2D eigenvalue weighted by Gasteiger charge is 2.35. The van der Waals surface area contributed by atoms with Crippen LogP contribution in [0.25, 0.3) is 0 Å². The van der Waals surface area contributed by atoms with Crippen molar-refractivity contribution >= 4 is 15.9 Å². The Bertz CT molecular complexity index is 1200. The zero-order chi connectivity index (χ0) is 25.9. The number of carbonyl (C=O) groups is 1. The number of ether oxygens (including phenoxy) is 3. The monoisotopic (exact) mass is 516 g/mol. The van der Waals surface area contributed by atoms with Crippen molar-refractivity contribution in [3.63, 3.8) is 0 Å². The summed E-state index contributed by atoms with van der Waals surface area (Å²) >= 11 is 0. The van der Waals surface area contributed by atoms with Crippen LogP contribution in [0.4, 0.5) is 0 Å². The van der Waals surface area contributed by atoms with E-state index in [0.717, 1.165) is 24.8 Å². The summed E-state index contributed by atoms with van der Waals surface area (Å²) in [4.78, 5) is 13.3. The number of benzene rings is 2. The lowest BCUT2D eigenvalue weighted by atomic mass is 9.89. The van der Waals surface area contributed by atoms with Gasteiger partial charge in [-0.15, -0.1) is 0 Å². The van der Waals surface area contributed by atoms with Gasteiger partial charge in [0.1, 0.15) is 22.8 Å². The van der Waals surface area contributed by atoms with Crippen molar-refractivity contribution in [2.75, 3.05) is 27.3 Å². The first-order chi connectivity index (χ1) is 17.1. The molecule has 1 saturated heterocycles. The summed E-state index contributed by atoms with van der Waals surface area (Å²) in [6.07, 6.45) is 4.00. The van der Waals surface area contributed by atoms with Crippen LogP contribution in [0.5, 0.6) is 17.2 Å². The van der Waals surface area contributed by atoms with Crippen LogP contribution in [0.3, 0.4) is 0 Å². The molecule has 0 aliphatic carbocycles. The minimum atomic E-state index is -3.57. The van der Waals surface area contributed by atoms with E-state index < -0.39 is 15.6 Å². The molecule has 1 N–H and O–H groups in total. The van der Waals surface area contributed by atoms with Crippen molar-refractivity contribution in [1.82, 2.24) is 9.62 Å². The number of nitrogens with one attached hydrogen (secondary N) is 1. The molecule has 0 bridgehead atoms. The first-order valence-corrected chi connectivity index (χ1v) is 13.9. The van der Waals surface area contributed by atoms with Crippen molar-refractivity contribution in [2.45, 2.75) is 68.9 Å². The van der Waals surface area contributed by atoms with Gasteiger partial charge in [-0.1, -0.05) is 6.42 Å². The van der Waals surface area contributed by atoms with E-state index in [-0.39, 0.29) is 23.3 Å². The van der Waals surface area contributed by atoms with Crippen LogP contribution in [-0.2, 0) is 21.2 Å². The number of nitrogens with zero attached hydrogens (tertiary/aromatic N) is 1. The predicted octanol–water partition coefficient (Wildman–Crippen LogP) is 4.23. The van der Waals surface area contributed by atoms with Crippen LogP contribution in [-0.4, -0.2) is 51.5 Å². The molecule has 2 aromatic rings. The fourth-order valence-corrected chi connectivity index (χ4v) is 6.54. The first kappa shape index (κ1) is 26.3. The summed E-state index contributed by atoms with van der Waals surface area (Å²) in [6, 6.07) is 10.3. The number of methoxy groups -OCH3 is 2. The third kappa shape index (κ3) is 5.78. The zero-order valence-corrected chi connectivity index (χ0v) is 22.3. The summed E-state index contributed by atoms with van der Waals surface area (Å²) in [5.41, 5.74) is 1.16. The largest absolute Gasteiger partial charge is 0.497 e. The molecule has 196 valence electrons. The van der Waals surface area contributed by atoms with E-state index in [1.807, 2.05) is 32.0 Å². The summed E-state index contributed by atoms with van der Waals surface area (Å²) in [5, 5.41) is 3.15. The molecule has 2 aromatic carbocycles. The zero-order valence-electron chi connectivity index (χ0n) is 21.5. The highest BCUT2D eigenvalue weighted by Crippen LogP contribution is 2.41.